The molecule has 2 aliphatic rings. The number of fused-ring (bicyclic) bond motifs is 1. The van der Waals surface area contributed by atoms with E-state index in [2.05, 4.69) is 4.98 Å². The average Bonchev–Trinajstić information content (AvgIpc) is 2.85. The van der Waals surface area contributed by atoms with Crippen molar-refractivity contribution in [1.29, 1.82) is 0 Å². The van der Waals surface area contributed by atoms with Crippen LogP contribution in [0, 0.1) is 6.92 Å². The number of benzene rings is 1. The maximum Gasteiger partial charge on any atom is 0.228 e. The number of hydrogen-bond acceptors (Lipinski definition) is 5. The van der Waals surface area contributed by atoms with Gasteiger partial charge in [0.05, 0.1) is 25.8 Å². The molecule has 1 aromatic carbocycles. The van der Waals surface area contributed by atoms with E-state index in [0.29, 0.717) is 25.3 Å². The third kappa shape index (κ3) is 4.49. The molecule has 0 bridgehead atoms. The van der Waals surface area contributed by atoms with Crippen molar-refractivity contribution < 1.29 is 17.9 Å². The highest BCUT2D eigenvalue weighted by Gasteiger charge is 2.44. The molecule has 1 unspecified atom stereocenters. The standard InChI is InChI=1S/C22H27N3O4S/c1-17-7-8-20-18(12-17)14-25(30(2,27)28)16-22(29-20)9-5-11-24(15-22)21(26)13-19-6-3-4-10-23-19/h3-4,6-8,10,12H,5,9,11,13-16H2,1-2H3. The SMILES string of the molecule is Cc1ccc2c(c1)CN(S(C)(=O)=O)CC1(CCCN(C(=O)Cc3ccccn3)C1)O2. The molecule has 1 saturated heterocycles. The summed E-state index contributed by atoms with van der Waals surface area (Å²) in [4.78, 5) is 19.0. The van der Waals surface area contributed by atoms with Crippen molar-refractivity contribution in [1.82, 2.24) is 14.2 Å². The molecule has 30 heavy (non-hydrogen) atoms. The number of carbonyl (C=O) groups is 1. The first-order valence-corrected chi connectivity index (χ1v) is 12.0. The van der Waals surface area contributed by atoms with Gasteiger partial charge in [0.25, 0.3) is 0 Å². The molecule has 1 spiro atoms. The van der Waals surface area contributed by atoms with E-state index in [1.54, 1.807) is 11.1 Å². The number of rotatable bonds is 3. The number of sulfonamides is 1. The summed E-state index contributed by atoms with van der Waals surface area (Å²) in [6.45, 7) is 3.48. The van der Waals surface area contributed by atoms with E-state index in [4.69, 9.17) is 4.74 Å². The zero-order valence-corrected chi connectivity index (χ0v) is 18.2. The number of aryl methyl sites for hydroxylation is 1. The second-order valence-corrected chi connectivity index (χ2v) is 10.3. The van der Waals surface area contributed by atoms with E-state index in [1.165, 1.54) is 10.6 Å². The van der Waals surface area contributed by atoms with Crippen molar-refractivity contribution in [3.63, 3.8) is 0 Å². The third-order valence-corrected chi connectivity index (χ3v) is 6.97. The topological polar surface area (TPSA) is 79.8 Å². The lowest BCUT2D eigenvalue weighted by molar-refractivity contribution is -0.136. The van der Waals surface area contributed by atoms with E-state index < -0.39 is 15.6 Å². The van der Waals surface area contributed by atoms with E-state index in [0.717, 1.165) is 23.2 Å². The summed E-state index contributed by atoms with van der Waals surface area (Å²) in [6.07, 6.45) is 4.58. The van der Waals surface area contributed by atoms with Crippen molar-refractivity contribution in [2.45, 2.75) is 38.3 Å². The quantitative estimate of drug-likeness (QED) is 0.747. The van der Waals surface area contributed by atoms with Crippen LogP contribution < -0.4 is 4.74 Å². The van der Waals surface area contributed by atoms with Gasteiger partial charge in [-0.2, -0.15) is 4.31 Å². The number of carbonyl (C=O) groups excluding carboxylic acids is 1. The van der Waals surface area contributed by atoms with Crippen molar-refractivity contribution >= 4 is 15.9 Å². The highest BCUT2D eigenvalue weighted by molar-refractivity contribution is 7.88. The van der Waals surface area contributed by atoms with Gasteiger partial charge in [0.1, 0.15) is 11.4 Å². The van der Waals surface area contributed by atoms with Crippen molar-refractivity contribution in [3.05, 3.63) is 59.4 Å². The summed E-state index contributed by atoms with van der Waals surface area (Å²) < 4.78 is 33.0. The van der Waals surface area contributed by atoms with Gasteiger partial charge in [-0.05, 0) is 38.0 Å². The molecular weight excluding hydrogens is 402 g/mol. The number of amides is 1. The molecule has 3 heterocycles. The molecule has 8 heteroatoms. The summed E-state index contributed by atoms with van der Waals surface area (Å²) in [5, 5.41) is 0. The molecule has 1 aromatic heterocycles. The van der Waals surface area contributed by atoms with Gasteiger partial charge in [-0.25, -0.2) is 8.42 Å². The Morgan fingerprint density at radius 2 is 2.07 bits per heavy atom. The van der Waals surface area contributed by atoms with Crippen LogP contribution in [0.5, 0.6) is 5.75 Å². The normalized spacial score (nSPS) is 22.3. The number of piperidine rings is 1. The molecule has 1 amide bonds. The molecule has 0 aliphatic carbocycles. The number of likely N-dealkylation sites (tertiary alicyclic amines) is 1. The first-order chi connectivity index (χ1) is 14.2. The largest absolute Gasteiger partial charge is 0.484 e. The minimum absolute atomic E-state index is 0.0179. The van der Waals surface area contributed by atoms with Crippen LogP contribution in [-0.4, -0.2) is 60.0 Å². The predicted octanol–water partition coefficient (Wildman–Crippen LogP) is 2.15. The van der Waals surface area contributed by atoms with E-state index in [-0.39, 0.29) is 25.4 Å². The fourth-order valence-electron chi connectivity index (χ4n) is 4.29. The molecule has 4 rings (SSSR count). The predicted molar refractivity (Wildman–Crippen MR) is 114 cm³/mol. The third-order valence-electron chi connectivity index (χ3n) is 5.77. The Morgan fingerprint density at radius 3 is 2.80 bits per heavy atom. The fraction of sp³-hybridized carbons (Fsp3) is 0.455. The Balaban J connectivity index is 1.62. The van der Waals surface area contributed by atoms with Crippen LogP contribution in [0.2, 0.25) is 0 Å². The van der Waals surface area contributed by atoms with Gasteiger partial charge in [0, 0.05) is 30.5 Å². The lowest BCUT2D eigenvalue weighted by atomic mass is 9.92. The number of ether oxygens (including phenoxy) is 1. The molecule has 0 radical (unpaired) electrons. The highest BCUT2D eigenvalue weighted by Crippen LogP contribution is 2.36. The van der Waals surface area contributed by atoms with Crippen LogP contribution in [-0.2, 0) is 27.8 Å². The number of pyridine rings is 1. The van der Waals surface area contributed by atoms with Crippen LogP contribution in [0.3, 0.4) is 0 Å². The van der Waals surface area contributed by atoms with Crippen molar-refractivity contribution in [2.75, 3.05) is 25.9 Å². The van der Waals surface area contributed by atoms with Gasteiger partial charge in [-0.3, -0.25) is 9.78 Å². The summed E-state index contributed by atoms with van der Waals surface area (Å²) in [6, 6.07) is 11.4. The Morgan fingerprint density at radius 1 is 1.23 bits per heavy atom. The molecule has 160 valence electrons. The Hall–Kier alpha value is -2.45. The van der Waals surface area contributed by atoms with Crippen molar-refractivity contribution in [2.24, 2.45) is 0 Å². The van der Waals surface area contributed by atoms with Gasteiger partial charge in [0.15, 0.2) is 0 Å². The maximum atomic E-state index is 12.9. The van der Waals surface area contributed by atoms with E-state index >= 15 is 0 Å². The van der Waals surface area contributed by atoms with Crippen LogP contribution in [0.1, 0.15) is 29.7 Å². The zero-order chi connectivity index (χ0) is 21.4. The van der Waals surface area contributed by atoms with Crippen LogP contribution >= 0.6 is 0 Å². The molecule has 0 saturated carbocycles. The lowest BCUT2D eigenvalue weighted by Crippen LogP contribution is -2.58. The number of aromatic nitrogens is 1. The van der Waals surface area contributed by atoms with E-state index in [1.807, 2.05) is 43.3 Å². The number of hydrogen-bond donors (Lipinski definition) is 0. The second kappa shape index (κ2) is 8.00. The van der Waals surface area contributed by atoms with E-state index in [9.17, 15) is 13.2 Å². The second-order valence-electron chi connectivity index (χ2n) is 8.34. The first-order valence-electron chi connectivity index (χ1n) is 10.2. The molecule has 1 fully saturated rings. The van der Waals surface area contributed by atoms with Gasteiger partial charge in [-0.1, -0.05) is 23.8 Å². The average molecular weight is 430 g/mol. The van der Waals surface area contributed by atoms with Crippen LogP contribution in [0.25, 0.3) is 0 Å². The Labute approximate surface area is 177 Å². The smallest absolute Gasteiger partial charge is 0.228 e. The molecule has 2 aromatic rings. The molecule has 7 nitrogen and oxygen atoms in total. The van der Waals surface area contributed by atoms with Gasteiger partial charge in [0.2, 0.25) is 15.9 Å². The van der Waals surface area contributed by atoms with Gasteiger partial charge < -0.3 is 9.64 Å². The molecule has 1 atom stereocenters. The summed E-state index contributed by atoms with van der Waals surface area (Å²) in [7, 11) is -3.43. The Bertz CT molecular complexity index is 1040. The molecular formula is C22H27N3O4S. The minimum Gasteiger partial charge on any atom is -0.484 e. The summed E-state index contributed by atoms with van der Waals surface area (Å²) >= 11 is 0. The fourth-order valence-corrected chi connectivity index (χ4v) is 5.13. The van der Waals surface area contributed by atoms with Crippen LogP contribution in [0.15, 0.2) is 42.6 Å². The zero-order valence-electron chi connectivity index (χ0n) is 17.4. The lowest BCUT2D eigenvalue weighted by Gasteiger charge is -2.43. The molecule has 0 N–H and O–H groups in total. The summed E-state index contributed by atoms with van der Waals surface area (Å²) in [5.74, 6) is 0.682. The monoisotopic (exact) mass is 429 g/mol. The Kier molecular flexibility index (Phi) is 5.55. The minimum atomic E-state index is -3.43. The maximum absolute atomic E-state index is 12.9. The first kappa shape index (κ1) is 20.8. The number of nitrogens with zero attached hydrogens (tertiary/aromatic N) is 3. The van der Waals surface area contributed by atoms with Crippen LogP contribution in [0.4, 0.5) is 0 Å². The summed E-state index contributed by atoms with van der Waals surface area (Å²) in [5.41, 5.74) is 1.87. The molecule has 2 aliphatic heterocycles. The highest BCUT2D eigenvalue weighted by atomic mass is 32.2. The van der Waals surface area contributed by atoms with Gasteiger partial charge >= 0.3 is 0 Å². The van der Waals surface area contributed by atoms with Crippen molar-refractivity contribution in [3.8, 4) is 5.75 Å². The van der Waals surface area contributed by atoms with Gasteiger partial charge in [-0.15, -0.1) is 0 Å².